The van der Waals surface area contributed by atoms with Crippen molar-refractivity contribution in [2.45, 2.75) is 9.79 Å². The molecular weight excluding hydrogens is 572 g/mol. The first-order chi connectivity index (χ1) is 20.4. The van der Waals surface area contributed by atoms with Gasteiger partial charge in [-0.05, 0) is 48.5 Å². The van der Waals surface area contributed by atoms with Crippen molar-refractivity contribution in [3.8, 4) is 35.2 Å². The SMILES string of the molecule is O=S(=O)(CC#CCOc1ccccc1N=Nc1ccccc1OCC#CCS(=O)(=O)c1ccccc1)c1ccccc1. The zero-order valence-electron chi connectivity index (χ0n) is 22.4. The largest absolute Gasteiger partial charge is 0.479 e. The Labute approximate surface area is 245 Å². The van der Waals surface area contributed by atoms with E-state index in [-0.39, 0.29) is 34.5 Å². The molecule has 10 heteroatoms. The van der Waals surface area contributed by atoms with E-state index in [1.807, 2.05) is 0 Å². The molecule has 4 rings (SSSR count). The molecule has 0 saturated carbocycles. The van der Waals surface area contributed by atoms with E-state index in [1.165, 1.54) is 24.3 Å². The number of hydrogen-bond acceptors (Lipinski definition) is 8. The minimum Gasteiger partial charge on any atom is -0.479 e. The highest BCUT2D eigenvalue weighted by Gasteiger charge is 2.12. The molecule has 0 N–H and O–H groups in total. The van der Waals surface area contributed by atoms with E-state index in [1.54, 1.807) is 84.9 Å². The predicted octanol–water partition coefficient (Wildman–Crippen LogP) is 5.81. The highest BCUT2D eigenvalue weighted by Crippen LogP contribution is 2.32. The second-order valence-corrected chi connectivity index (χ2v) is 12.5. The molecule has 0 saturated heterocycles. The third-order valence-corrected chi connectivity index (χ3v) is 8.60. The average molecular weight is 599 g/mol. The molecule has 0 atom stereocenters. The molecule has 0 unspecified atom stereocenters. The first-order valence-corrected chi connectivity index (χ1v) is 16.0. The first kappa shape index (κ1) is 30.1. The van der Waals surface area contributed by atoms with Crippen molar-refractivity contribution < 1.29 is 26.3 Å². The Balaban J connectivity index is 1.34. The molecule has 0 spiro atoms. The van der Waals surface area contributed by atoms with E-state index in [0.717, 1.165) is 0 Å². The number of benzene rings is 4. The Hall–Kier alpha value is -4.90. The number of rotatable bonds is 10. The lowest BCUT2D eigenvalue weighted by Gasteiger charge is -2.06. The summed E-state index contributed by atoms with van der Waals surface area (Å²) in [5, 5.41) is 8.57. The van der Waals surface area contributed by atoms with E-state index in [0.29, 0.717) is 22.9 Å². The van der Waals surface area contributed by atoms with Crippen LogP contribution >= 0.6 is 0 Å². The number of para-hydroxylation sites is 2. The summed E-state index contributed by atoms with van der Waals surface area (Å²) in [7, 11) is -6.99. The summed E-state index contributed by atoms with van der Waals surface area (Å²) in [5.41, 5.74) is 0.883. The van der Waals surface area contributed by atoms with Crippen molar-refractivity contribution in [1.29, 1.82) is 0 Å². The van der Waals surface area contributed by atoms with Crippen LogP contribution in [-0.2, 0) is 19.7 Å². The van der Waals surface area contributed by atoms with Crippen LogP contribution in [0.3, 0.4) is 0 Å². The molecule has 42 heavy (non-hydrogen) atoms. The van der Waals surface area contributed by atoms with Gasteiger partial charge in [0.05, 0.1) is 9.79 Å². The first-order valence-electron chi connectivity index (χ1n) is 12.7. The highest BCUT2D eigenvalue weighted by atomic mass is 32.2. The number of azo groups is 1. The number of hydrogen-bond donors (Lipinski definition) is 0. The lowest BCUT2D eigenvalue weighted by molar-refractivity contribution is 0.370. The summed E-state index contributed by atoms with van der Waals surface area (Å²) >= 11 is 0. The zero-order chi connectivity index (χ0) is 29.7. The van der Waals surface area contributed by atoms with E-state index >= 15 is 0 Å². The maximum absolute atomic E-state index is 12.3. The fourth-order valence-electron chi connectivity index (χ4n) is 3.48. The summed E-state index contributed by atoms with van der Waals surface area (Å²) in [6.45, 7) is -0.0651. The Kier molecular flexibility index (Phi) is 10.5. The maximum atomic E-state index is 12.3. The maximum Gasteiger partial charge on any atom is 0.189 e. The van der Waals surface area contributed by atoms with Gasteiger partial charge in [0.2, 0.25) is 0 Å². The predicted molar refractivity (Wildman–Crippen MR) is 161 cm³/mol. The minimum absolute atomic E-state index is 0.0325. The van der Waals surface area contributed by atoms with Gasteiger partial charge in [0.1, 0.15) is 47.6 Å². The standard InChI is InChI=1S/C32H26N2O6S2/c35-41(36,27-15-3-1-4-16-27)25-13-11-23-39-31-21-9-7-19-29(31)33-34-30-20-8-10-22-32(30)40-24-12-14-26-42(37,38)28-17-5-2-6-18-28/h1-10,15-22H,23-26H2. The van der Waals surface area contributed by atoms with Gasteiger partial charge in [0.15, 0.2) is 19.7 Å². The van der Waals surface area contributed by atoms with Crippen LogP contribution in [0.2, 0.25) is 0 Å². The topological polar surface area (TPSA) is 111 Å². The Bertz CT molecular complexity index is 1730. The average Bonchev–Trinajstić information content (AvgIpc) is 3.01. The lowest BCUT2D eigenvalue weighted by Crippen LogP contribution is -2.05. The van der Waals surface area contributed by atoms with Crippen molar-refractivity contribution in [2.75, 3.05) is 24.7 Å². The third-order valence-electron chi connectivity index (χ3n) is 5.57. The van der Waals surface area contributed by atoms with Gasteiger partial charge in [-0.3, -0.25) is 0 Å². The number of ether oxygens (including phenoxy) is 2. The minimum atomic E-state index is -3.50. The van der Waals surface area contributed by atoms with Crippen molar-refractivity contribution >= 4 is 31.0 Å². The van der Waals surface area contributed by atoms with Crippen molar-refractivity contribution in [1.82, 2.24) is 0 Å². The number of sulfone groups is 2. The van der Waals surface area contributed by atoms with Gasteiger partial charge in [-0.2, -0.15) is 0 Å². The fraction of sp³-hybridized carbons (Fsp3) is 0.125. The molecular formula is C32H26N2O6S2. The smallest absolute Gasteiger partial charge is 0.189 e. The fourth-order valence-corrected chi connectivity index (χ4v) is 5.54. The van der Waals surface area contributed by atoms with E-state index < -0.39 is 19.7 Å². The molecule has 0 fully saturated rings. The van der Waals surface area contributed by atoms with Crippen LogP contribution in [0.4, 0.5) is 11.4 Å². The monoisotopic (exact) mass is 598 g/mol. The molecule has 0 amide bonds. The Morgan fingerprint density at radius 3 is 1.24 bits per heavy atom. The summed E-state index contributed by atoms with van der Waals surface area (Å²) in [4.78, 5) is 0.441. The molecule has 0 bridgehead atoms. The van der Waals surface area contributed by atoms with Crippen molar-refractivity contribution in [3.05, 3.63) is 109 Å². The van der Waals surface area contributed by atoms with Crippen molar-refractivity contribution in [3.63, 3.8) is 0 Å². The lowest BCUT2D eigenvalue weighted by atomic mass is 10.3. The summed E-state index contributed by atoms with van der Waals surface area (Å²) in [6, 6.07) is 30.2. The van der Waals surface area contributed by atoms with Gasteiger partial charge in [0.25, 0.3) is 0 Å². The van der Waals surface area contributed by atoms with Gasteiger partial charge < -0.3 is 9.47 Å². The molecule has 4 aromatic carbocycles. The van der Waals surface area contributed by atoms with Crippen molar-refractivity contribution in [2.24, 2.45) is 10.2 Å². The van der Waals surface area contributed by atoms with Crippen LogP contribution in [0, 0.1) is 23.7 Å². The van der Waals surface area contributed by atoms with E-state index in [2.05, 4.69) is 33.9 Å². The van der Waals surface area contributed by atoms with Crippen LogP contribution < -0.4 is 9.47 Å². The zero-order valence-corrected chi connectivity index (χ0v) is 24.0. The van der Waals surface area contributed by atoms with E-state index in [9.17, 15) is 16.8 Å². The third kappa shape index (κ3) is 8.80. The van der Waals surface area contributed by atoms with Crippen LogP contribution in [0.25, 0.3) is 0 Å². The Morgan fingerprint density at radius 2 is 0.833 bits per heavy atom. The quantitative estimate of drug-likeness (QED) is 0.168. The van der Waals surface area contributed by atoms with Gasteiger partial charge >= 0.3 is 0 Å². The molecule has 8 nitrogen and oxygen atoms in total. The molecule has 212 valence electrons. The summed E-state index contributed by atoms with van der Waals surface area (Å²) < 4.78 is 60.8. The molecule has 0 heterocycles. The van der Waals surface area contributed by atoms with Gasteiger partial charge in [-0.25, -0.2) is 16.8 Å². The van der Waals surface area contributed by atoms with E-state index in [4.69, 9.17) is 9.47 Å². The second-order valence-electron chi connectivity index (χ2n) is 8.56. The van der Waals surface area contributed by atoms with Gasteiger partial charge in [0, 0.05) is 0 Å². The molecule has 0 aliphatic rings. The van der Waals surface area contributed by atoms with Crippen LogP contribution in [0.5, 0.6) is 11.5 Å². The van der Waals surface area contributed by atoms with Crippen LogP contribution in [-0.4, -0.2) is 41.6 Å². The second kappa shape index (κ2) is 14.6. The van der Waals surface area contributed by atoms with Gasteiger partial charge in [-0.15, -0.1) is 10.2 Å². The molecule has 4 aromatic rings. The summed E-state index contributed by atoms with van der Waals surface area (Å²) in [5.74, 6) is 11.0. The normalized spacial score (nSPS) is 11.1. The molecule has 0 radical (unpaired) electrons. The Morgan fingerprint density at radius 1 is 0.476 bits per heavy atom. The molecule has 0 aliphatic heterocycles. The summed E-state index contributed by atoms with van der Waals surface area (Å²) in [6.07, 6.45) is 0. The van der Waals surface area contributed by atoms with Crippen LogP contribution in [0.1, 0.15) is 0 Å². The van der Waals surface area contributed by atoms with Gasteiger partial charge in [-0.1, -0.05) is 84.3 Å². The molecule has 0 aromatic heterocycles. The molecule has 0 aliphatic carbocycles. The van der Waals surface area contributed by atoms with Crippen LogP contribution in [0.15, 0.2) is 129 Å². The highest BCUT2D eigenvalue weighted by molar-refractivity contribution is 7.92. The number of nitrogens with zero attached hydrogens (tertiary/aromatic N) is 2.